The zero-order valence-corrected chi connectivity index (χ0v) is 15.8. The maximum Gasteiger partial charge on any atom is 0.352 e. The summed E-state index contributed by atoms with van der Waals surface area (Å²) in [6, 6.07) is 12.0. The van der Waals surface area contributed by atoms with Crippen LogP contribution >= 0.6 is 0 Å². The molecule has 144 valence electrons. The van der Waals surface area contributed by atoms with Gasteiger partial charge in [-0.05, 0) is 42.7 Å². The zero-order valence-electron chi connectivity index (χ0n) is 15.8. The van der Waals surface area contributed by atoms with Gasteiger partial charge in [-0.1, -0.05) is 35.9 Å². The van der Waals surface area contributed by atoms with E-state index in [1.54, 1.807) is 19.1 Å². The van der Waals surface area contributed by atoms with Crippen LogP contribution < -0.4 is 10.6 Å². The lowest BCUT2D eigenvalue weighted by atomic mass is 9.96. The molecule has 0 saturated carbocycles. The molecule has 2 heterocycles. The highest BCUT2D eigenvalue weighted by Crippen LogP contribution is 2.29. The lowest BCUT2D eigenvalue weighted by Crippen LogP contribution is -2.38. The van der Waals surface area contributed by atoms with Crippen molar-refractivity contribution in [3.63, 3.8) is 0 Å². The van der Waals surface area contributed by atoms with E-state index < -0.39 is 11.8 Å². The fourth-order valence-electron chi connectivity index (χ4n) is 3.51. The third kappa shape index (κ3) is 3.53. The van der Waals surface area contributed by atoms with Gasteiger partial charge in [0.25, 0.3) is 0 Å². The molecule has 1 N–H and O–H groups in total. The van der Waals surface area contributed by atoms with Gasteiger partial charge in [0.2, 0.25) is 5.95 Å². The predicted molar refractivity (Wildman–Crippen MR) is 104 cm³/mol. The predicted octanol–water partition coefficient (Wildman–Crippen LogP) is 2.50. The summed E-state index contributed by atoms with van der Waals surface area (Å²) in [5.74, 6) is 0.505. The Morgan fingerprint density at radius 1 is 1.14 bits per heavy atom. The van der Waals surface area contributed by atoms with Crippen molar-refractivity contribution in [3.05, 3.63) is 86.8 Å². The van der Waals surface area contributed by atoms with Gasteiger partial charge in [-0.3, -0.25) is 4.57 Å². The van der Waals surface area contributed by atoms with Crippen LogP contribution in [0.5, 0.6) is 0 Å². The summed E-state index contributed by atoms with van der Waals surface area (Å²) in [4.78, 5) is 23.0. The number of β-amino-alcohol motifs (C(OH)–C–C–N with tert-alkyl or cyclic N) is 1. The molecular weight excluding hydrogens is 359 g/mol. The molecule has 4 rings (SSSR count). The highest BCUT2D eigenvalue weighted by molar-refractivity contribution is 5.42. The highest BCUT2D eigenvalue weighted by atomic mass is 19.1. The minimum Gasteiger partial charge on any atom is -0.387 e. The Balaban J connectivity index is 1.62. The minimum absolute atomic E-state index is 0.274. The van der Waals surface area contributed by atoms with Crippen LogP contribution in [-0.4, -0.2) is 26.2 Å². The van der Waals surface area contributed by atoms with Crippen LogP contribution in [0.4, 0.5) is 10.3 Å². The van der Waals surface area contributed by atoms with E-state index in [1.165, 1.54) is 16.7 Å². The molecule has 0 fully saturated rings. The van der Waals surface area contributed by atoms with E-state index >= 15 is 0 Å². The number of anilines is 1. The molecule has 0 bridgehead atoms. The Labute approximate surface area is 161 Å². The van der Waals surface area contributed by atoms with Crippen molar-refractivity contribution in [2.75, 3.05) is 11.4 Å². The fraction of sp³-hybridized carbons (Fsp3) is 0.286. The minimum atomic E-state index is -0.658. The topological polar surface area (TPSA) is 71.2 Å². The molecule has 0 saturated heterocycles. The molecule has 3 aromatic rings. The highest BCUT2D eigenvalue weighted by Gasteiger charge is 2.26. The van der Waals surface area contributed by atoms with Crippen LogP contribution in [0, 0.1) is 19.7 Å². The van der Waals surface area contributed by atoms with Crippen molar-refractivity contribution in [3.8, 4) is 0 Å². The molecule has 1 aliphatic heterocycles. The molecule has 1 aromatic heterocycles. The summed E-state index contributed by atoms with van der Waals surface area (Å²) >= 11 is 0. The van der Waals surface area contributed by atoms with Crippen LogP contribution in [0.15, 0.2) is 47.3 Å². The van der Waals surface area contributed by atoms with Gasteiger partial charge in [-0.25, -0.2) is 9.18 Å². The van der Waals surface area contributed by atoms with Gasteiger partial charge in [0, 0.05) is 6.54 Å². The second kappa shape index (κ2) is 7.16. The van der Waals surface area contributed by atoms with Gasteiger partial charge in [0.05, 0.1) is 19.2 Å². The Morgan fingerprint density at radius 2 is 1.89 bits per heavy atom. The molecule has 0 spiro atoms. The first-order chi connectivity index (χ1) is 13.4. The first kappa shape index (κ1) is 18.3. The summed E-state index contributed by atoms with van der Waals surface area (Å²) in [5, 5.41) is 10.5. The molecule has 28 heavy (non-hydrogen) atoms. The number of hydrogen-bond acceptors (Lipinski definition) is 5. The smallest absolute Gasteiger partial charge is 0.352 e. The summed E-state index contributed by atoms with van der Waals surface area (Å²) < 4.78 is 14.5. The standard InChI is InChI=1S/C21H21FN4O2/c1-13-3-6-16-11-25(12-19(27)18(16)9-13)20-23-14(2)26(21(28)24-20)10-15-4-7-17(22)8-5-15/h3-9,19,27H,10-12H2,1-2H3. The van der Waals surface area contributed by atoms with E-state index in [0.29, 0.717) is 24.9 Å². The van der Waals surface area contributed by atoms with E-state index in [4.69, 9.17) is 0 Å². The van der Waals surface area contributed by atoms with Gasteiger partial charge in [-0.2, -0.15) is 9.97 Å². The van der Waals surface area contributed by atoms with Gasteiger partial charge < -0.3 is 10.0 Å². The van der Waals surface area contributed by atoms with Crippen LogP contribution in [0.2, 0.25) is 0 Å². The molecule has 7 heteroatoms. The van der Waals surface area contributed by atoms with Crippen LogP contribution in [-0.2, 0) is 13.1 Å². The Hall–Kier alpha value is -3.06. The molecule has 6 nitrogen and oxygen atoms in total. The summed E-state index contributed by atoms with van der Waals surface area (Å²) in [5.41, 5.74) is 3.39. The van der Waals surface area contributed by atoms with E-state index in [0.717, 1.165) is 22.3 Å². The van der Waals surface area contributed by atoms with Gasteiger partial charge in [-0.15, -0.1) is 0 Å². The van der Waals surface area contributed by atoms with Crippen molar-refractivity contribution in [2.45, 2.75) is 33.0 Å². The van der Waals surface area contributed by atoms with Gasteiger partial charge in [0.15, 0.2) is 0 Å². The Morgan fingerprint density at radius 3 is 2.61 bits per heavy atom. The molecule has 0 amide bonds. The average Bonchev–Trinajstić information content (AvgIpc) is 2.66. The van der Waals surface area contributed by atoms with Crippen molar-refractivity contribution < 1.29 is 9.50 Å². The van der Waals surface area contributed by atoms with E-state index in [1.807, 2.05) is 30.0 Å². The van der Waals surface area contributed by atoms with E-state index in [2.05, 4.69) is 9.97 Å². The summed E-state index contributed by atoms with van der Waals surface area (Å²) in [6.07, 6.45) is -0.658. The lowest BCUT2D eigenvalue weighted by molar-refractivity contribution is 0.174. The van der Waals surface area contributed by atoms with Crippen LogP contribution in [0.1, 0.15) is 34.2 Å². The SMILES string of the molecule is Cc1ccc2c(c1)C(O)CN(c1nc(C)n(Cc3ccc(F)cc3)c(=O)n1)C2. The van der Waals surface area contributed by atoms with Gasteiger partial charge in [0.1, 0.15) is 11.6 Å². The molecule has 2 aromatic carbocycles. The largest absolute Gasteiger partial charge is 0.387 e. The molecule has 1 atom stereocenters. The quantitative estimate of drug-likeness (QED) is 0.756. The first-order valence-corrected chi connectivity index (χ1v) is 9.13. The van der Waals surface area contributed by atoms with Crippen LogP contribution in [0.25, 0.3) is 0 Å². The van der Waals surface area contributed by atoms with Crippen LogP contribution in [0.3, 0.4) is 0 Å². The number of fused-ring (bicyclic) bond motifs is 1. The molecule has 1 aliphatic rings. The molecule has 0 aliphatic carbocycles. The zero-order chi connectivity index (χ0) is 19.8. The number of benzene rings is 2. The van der Waals surface area contributed by atoms with Crippen molar-refractivity contribution in [1.29, 1.82) is 0 Å². The normalized spacial score (nSPS) is 16.1. The number of rotatable bonds is 3. The van der Waals surface area contributed by atoms with Crippen molar-refractivity contribution >= 4 is 5.95 Å². The number of aromatic nitrogens is 3. The first-order valence-electron chi connectivity index (χ1n) is 9.13. The fourth-order valence-corrected chi connectivity index (χ4v) is 3.51. The number of aliphatic hydroxyl groups is 1. The monoisotopic (exact) mass is 380 g/mol. The van der Waals surface area contributed by atoms with Crippen molar-refractivity contribution in [2.24, 2.45) is 0 Å². The summed E-state index contributed by atoms with van der Waals surface area (Å²) in [7, 11) is 0. The second-order valence-electron chi connectivity index (χ2n) is 7.16. The van der Waals surface area contributed by atoms with E-state index in [-0.39, 0.29) is 12.4 Å². The number of aliphatic hydroxyl groups excluding tert-OH is 1. The molecule has 0 radical (unpaired) electrons. The summed E-state index contributed by atoms with van der Waals surface area (Å²) in [6.45, 7) is 4.88. The van der Waals surface area contributed by atoms with E-state index in [9.17, 15) is 14.3 Å². The number of hydrogen-bond donors (Lipinski definition) is 1. The Kier molecular flexibility index (Phi) is 4.68. The third-order valence-corrected chi connectivity index (χ3v) is 5.03. The van der Waals surface area contributed by atoms with Crippen molar-refractivity contribution in [1.82, 2.24) is 14.5 Å². The number of halogens is 1. The van der Waals surface area contributed by atoms with Gasteiger partial charge >= 0.3 is 5.69 Å². The molecular formula is C21H21FN4O2. The molecule has 1 unspecified atom stereocenters. The third-order valence-electron chi connectivity index (χ3n) is 5.03. The Bertz CT molecular complexity index is 1080. The second-order valence-corrected chi connectivity index (χ2v) is 7.16. The number of aryl methyl sites for hydroxylation is 2. The maximum atomic E-state index is 13.1. The number of nitrogens with zero attached hydrogens (tertiary/aromatic N) is 4. The average molecular weight is 380 g/mol. The maximum absolute atomic E-state index is 13.1. The lowest BCUT2D eigenvalue weighted by Gasteiger charge is -2.32.